The van der Waals surface area contributed by atoms with Crippen molar-refractivity contribution < 1.29 is 27.5 Å². The van der Waals surface area contributed by atoms with E-state index in [4.69, 9.17) is 4.74 Å². The minimum Gasteiger partial charge on any atom is -0.469 e. The molecule has 1 amide bonds. The maximum Gasteiger partial charge on any atom is 0.416 e. The summed E-state index contributed by atoms with van der Waals surface area (Å²) in [6, 6.07) is 9.30. The molecule has 4 rings (SSSR count). The number of amides is 1. The second-order valence-electron chi connectivity index (χ2n) is 10.0. The number of likely N-dealkylation sites (tertiary alicyclic amines) is 1. The van der Waals surface area contributed by atoms with Gasteiger partial charge in [-0.25, -0.2) is 4.98 Å². The molecule has 9 heteroatoms. The zero-order valence-electron chi connectivity index (χ0n) is 21.2. The quantitative estimate of drug-likeness (QED) is 0.477. The molecule has 2 aliphatic rings. The zero-order valence-corrected chi connectivity index (χ0v) is 21.2. The van der Waals surface area contributed by atoms with Crippen molar-refractivity contribution in [3.8, 4) is 0 Å². The lowest BCUT2D eigenvalue weighted by Crippen LogP contribution is -2.39. The van der Waals surface area contributed by atoms with Crippen LogP contribution in [0.5, 0.6) is 0 Å². The third kappa shape index (κ3) is 7.23. The average molecular weight is 518 g/mol. The maximum atomic E-state index is 13.2. The van der Waals surface area contributed by atoms with Gasteiger partial charge in [0.1, 0.15) is 5.82 Å². The standard InChI is InChI=1S/C28H34F3N3O3/c1-37-26(36)18-22(21-4-2-6-23(17-21)28(29,30)31)16-19-11-14-34(15-12-19)25(35)10-9-24-8-7-20-5-3-13-32-27(20)33-24/h2,4,6-8,17,19,22H,3,5,9-16,18H2,1H3,(H,32,33). The number of alkyl halides is 3. The molecule has 1 fully saturated rings. The number of aromatic nitrogens is 1. The Morgan fingerprint density at radius 3 is 2.70 bits per heavy atom. The van der Waals surface area contributed by atoms with Crippen LogP contribution in [-0.4, -0.2) is 48.5 Å². The number of ether oxygens (including phenoxy) is 1. The van der Waals surface area contributed by atoms with Crippen LogP contribution in [0, 0.1) is 5.92 Å². The van der Waals surface area contributed by atoms with Crippen LogP contribution in [0.15, 0.2) is 36.4 Å². The molecular weight excluding hydrogens is 483 g/mol. The molecule has 1 atom stereocenters. The topological polar surface area (TPSA) is 71.5 Å². The summed E-state index contributed by atoms with van der Waals surface area (Å²) in [6.45, 7) is 2.14. The summed E-state index contributed by atoms with van der Waals surface area (Å²) in [5, 5.41) is 3.32. The van der Waals surface area contributed by atoms with Gasteiger partial charge < -0.3 is 15.0 Å². The molecule has 0 spiro atoms. The first-order valence-corrected chi connectivity index (χ1v) is 13.0. The lowest BCUT2D eigenvalue weighted by molar-refractivity contribution is -0.141. The summed E-state index contributed by atoms with van der Waals surface area (Å²) in [5.74, 6) is 0.419. The molecule has 2 aromatic rings. The Bertz CT molecular complexity index is 1100. The van der Waals surface area contributed by atoms with E-state index < -0.39 is 17.7 Å². The number of aryl methyl sites for hydroxylation is 2. The van der Waals surface area contributed by atoms with E-state index in [1.54, 1.807) is 6.07 Å². The molecule has 200 valence electrons. The van der Waals surface area contributed by atoms with Gasteiger partial charge in [0.25, 0.3) is 0 Å². The van der Waals surface area contributed by atoms with Crippen molar-refractivity contribution in [3.05, 3.63) is 58.8 Å². The molecule has 0 bridgehead atoms. The van der Waals surface area contributed by atoms with Gasteiger partial charge in [-0.15, -0.1) is 0 Å². The SMILES string of the molecule is COC(=O)CC(CC1CCN(C(=O)CCc2ccc3c(n2)NCCC3)CC1)c1cccc(C(F)(F)F)c1. The molecule has 1 aromatic carbocycles. The van der Waals surface area contributed by atoms with Gasteiger partial charge in [0.2, 0.25) is 5.91 Å². The van der Waals surface area contributed by atoms with E-state index >= 15 is 0 Å². The van der Waals surface area contributed by atoms with Gasteiger partial charge >= 0.3 is 12.1 Å². The number of benzene rings is 1. The van der Waals surface area contributed by atoms with Crippen molar-refractivity contribution in [1.29, 1.82) is 0 Å². The molecule has 6 nitrogen and oxygen atoms in total. The highest BCUT2D eigenvalue weighted by Gasteiger charge is 2.32. The van der Waals surface area contributed by atoms with Crippen molar-refractivity contribution in [1.82, 2.24) is 9.88 Å². The van der Waals surface area contributed by atoms with Crippen LogP contribution < -0.4 is 5.32 Å². The van der Waals surface area contributed by atoms with Crippen LogP contribution in [0.2, 0.25) is 0 Å². The first kappa shape index (κ1) is 26.9. The van der Waals surface area contributed by atoms with E-state index in [-0.39, 0.29) is 24.2 Å². The lowest BCUT2D eigenvalue weighted by atomic mass is 9.82. The molecule has 0 radical (unpaired) electrons. The minimum absolute atomic E-state index is 0.0274. The van der Waals surface area contributed by atoms with E-state index in [1.807, 2.05) is 11.0 Å². The summed E-state index contributed by atoms with van der Waals surface area (Å²) >= 11 is 0. The monoisotopic (exact) mass is 517 g/mol. The Morgan fingerprint density at radius 1 is 1.19 bits per heavy atom. The van der Waals surface area contributed by atoms with Crippen LogP contribution >= 0.6 is 0 Å². The first-order valence-electron chi connectivity index (χ1n) is 13.0. The summed E-state index contributed by atoms with van der Waals surface area (Å²) < 4.78 is 44.5. The molecule has 2 aliphatic heterocycles. The molecule has 0 saturated carbocycles. The molecule has 1 aromatic heterocycles. The maximum absolute atomic E-state index is 13.2. The van der Waals surface area contributed by atoms with Gasteiger partial charge in [0.15, 0.2) is 0 Å². The normalized spacial score (nSPS) is 17.0. The number of methoxy groups -OCH3 is 1. The highest BCUT2D eigenvalue weighted by molar-refractivity contribution is 5.76. The number of carbonyl (C=O) groups is 2. The molecule has 0 aliphatic carbocycles. The number of nitrogens with one attached hydrogen (secondary N) is 1. The summed E-state index contributed by atoms with van der Waals surface area (Å²) in [6.07, 6.45) is 0.777. The summed E-state index contributed by atoms with van der Waals surface area (Å²) in [5.41, 5.74) is 1.90. The van der Waals surface area contributed by atoms with Gasteiger partial charge in [-0.05, 0) is 73.6 Å². The number of anilines is 1. The van der Waals surface area contributed by atoms with E-state index in [2.05, 4.69) is 16.4 Å². The second-order valence-corrected chi connectivity index (χ2v) is 10.0. The third-order valence-electron chi connectivity index (χ3n) is 7.46. The van der Waals surface area contributed by atoms with Crippen molar-refractivity contribution in [2.24, 2.45) is 5.92 Å². The molecule has 1 saturated heterocycles. The van der Waals surface area contributed by atoms with E-state index in [0.717, 1.165) is 55.9 Å². The predicted octanol–water partition coefficient (Wildman–Crippen LogP) is 5.37. The Balaban J connectivity index is 1.31. The number of rotatable bonds is 8. The Hall–Kier alpha value is -3.10. The second kappa shape index (κ2) is 12.0. The smallest absolute Gasteiger partial charge is 0.416 e. The van der Waals surface area contributed by atoms with Gasteiger partial charge in [-0.3, -0.25) is 9.59 Å². The van der Waals surface area contributed by atoms with Crippen LogP contribution in [0.4, 0.5) is 19.0 Å². The van der Waals surface area contributed by atoms with Gasteiger partial charge in [-0.2, -0.15) is 13.2 Å². The van der Waals surface area contributed by atoms with Crippen molar-refractivity contribution in [3.63, 3.8) is 0 Å². The average Bonchev–Trinajstić information content (AvgIpc) is 2.91. The molecular formula is C28H34F3N3O3. The number of fused-ring (bicyclic) bond motifs is 1. The summed E-state index contributed by atoms with van der Waals surface area (Å²) in [7, 11) is 1.28. The minimum atomic E-state index is -4.44. The van der Waals surface area contributed by atoms with Crippen LogP contribution in [0.3, 0.4) is 0 Å². The van der Waals surface area contributed by atoms with Gasteiger partial charge in [0.05, 0.1) is 19.1 Å². The molecule has 1 N–H and O–H groups in total. The van der Waals surface area contributed by atoms with Gasteiger partial charge in [-0.1, -0.05) is 24.3 Å². The third-order valence-corrected chi connectivity index (χ3v) is 7.46. The number of piperidine rings is 1. The van der Waals surface area contributed by atoms with Crippen molar-refractivity contribution in [2.45, 2.75) is 63.5 Å². The molecule has 1 unspecified atom stereocenters. The van der Waals surface area contributed by atoms with Crippen LogP contribution in [-0.2, 0) is 33.3 Å². The fourth-order valence-electron chi connectivity index (χ4n) is 5.31. The number of nitrogens with zero attached hydrogens (tertiary/aromatic N) is 2. The van der Waals surface area contributed by atoms with Gasteiger partial charge in [0, 0.05) is 31.7 Å². The highest BCUT2D eigenvalue weighted by Crippen LogP contribution is 2.36. The number of halogens is 3. The number of hydrogen-bond acceptors (Lipinski definition) is 5. The van der Waals surface area contributed by atoms with E-state index in [0.29, 0.717) is 37.9 Å². The zero-order chi connectivity index (χ0) is 26.4. The van der Waals surface area contributed by atoms with Crippen molar-refractivity contribution >= 4 is 17.7 Å². The Kier molecular flexibility index (Phi) is 8.71. The fraction of sp³-hybridized carbons (Fsp3) is 0.536. The number of esters is 1. The van der Waals surface area contributed by atoms with Crippen LogP contribution in [0.1, 0.15) is 66.8 Å². The number of hydrogen-bond donors (Lipinski definition) is 1. The number of pyridine rings is 1. The van der Waals surface area contributed by atoms with Crippen molar-refractivity contribution in [2.75, 3.05) is 32.1 Å². The lowest BCUT2D eigenvalue weighted by Gasteiger charge is -2.34. The highest BCUT2D eigenvalue weighted by atomic mass is 19.4. The first-order chi connectivity index (χ1) is 17.7. The Labute approximate surface area is 215 Å². The summed E-state index contributed by atoms with van der Waals surface area (Å²) in [4.78, 5) is 31.4. The predicted molar refractivity (Wildman–Crippen MR) is 134 cm³/mol. The molecule has 37 heavy (non-hydrogen) atoms. The number of carbonyl (C=O) groups excluding carboxylic acids is 2. The molecule has 3 heterocycles. The largest absolute Gasteiger partial charge is 0.469 e. The Morgan fingerprint density at radius 2 is 1.97 bits per heavy atom. The van der Waals surface area contributed by atoms with Crippen LogP contribution in [0.25, 0.3) is 0 Å². The van der Waals surface area contributed by atoms with E-state index in [9.17, 15) is 22.8 Å². The van der Waals surface area contributed by atoms with E-state index in [1.165, 1.54) is 18.7 Å². The fourth-order valence-corrected chi connectivity index (χ4v) is 5.31.